The van der Waals surface area contributed by atoms with Gasteiger partial charge in [0.15, 0.2) is 5.82 Å². The molecule has 0 aliphatic carbocycles. The maximum atomic E-state index is 14.0. The predicted molar refractivity (Wildman–Crippen MR) is 169 cm³/mol. The van der Waals surface area contributed by atoms with Crippen LogP contribution in [0.15, 0.2) is 86.9 Å². The van der Waals surface area contributed by atoms with Crippen LogP contribution in [-0.2, 0) is 12.8 Å². The molecule has 2 heterocycles. The van der Waals surface area contributed by atoms with E-state index < -0.39 is 5.76 Å². The number of hydrogen-bond donors (Lipinski definition) is 1. The summed E-state index contributed by atoms with van der Waals surface area (Å²) in [5.74, 6) is 0.475. The van der Waals surface area contributed by atoms with Crippen molar-refractivity contribution in [3.63, 3.8) is 0 Å². The minimum atomic E-state index is -0.606. The summed E-state index contributed by atoms with van der Waals surface area (Å²) in [5.41, 5.74) is 5.05. The number of aromatic amines is 1. The zero-order valence-corrected chi connectivity index (χ0v) is 24.4. The molecule has 0 unspecified atom stereocenters. The number of hydrogen-bond acceptors (Lipinski definition) is 7. The first-order valence-electron chi connectivity index (χ1n) is 13.9. The zero-order valence-electron chi connectivity index (χ0n) is 24.4. The summed E-state index contributed by atoms with van der Waals surface area (Å²) in [5, 5.41) is 3.85. The van der Waals surface area contributed by atoms with Crippen molar-refractivity contribution in [1.29, 1.82) is 0 Å². The number of aromatic nitrogens is 4. The quantitative estimate of drug-likeness (QED) is 0.226. The Hall–Kier alpha value is -3.28. The molecule has 5 aromatic rings. The molecule has 0 radical (unpaired) electrons. The van der Waals surface area contributed by atoms with Gasteiger partial charge in [-0.25, -0.2) is 14.3 Å². The second kappa shape index (κ2) is 14.0. The molecule has 10 heteroatoms. The molecule has 0 saturated carbocycles. The third kappa shape index (κ3) is 7.63. The van der Waals surface area contributed by atoms with Gasteiger partial charge in [0.2, 0.25) is 0 Å². The van der Waals surface area contributed by atoms with E-state index in [4.69, 9.17) is 19.0 Å². The van der Waals surface area contributed by atoms with E-state index in [0.717, 1.165) is 34.4 Å². The Morgan fingerprint density at radius 1 is 0.930 bits per heavy atom. The molecule has 0 saturated heterocycles. The topological polar surface area (TPSA) is 112 Å². The number of nitrogens with one attached hydrogen (secondary N) is 1. The summed E-state index contributed by atoms with van der Waals surface area (Å²) >= 11 is 0. The van der Waals surface area contributed by atoms with Crippen molar-refractivity contribution in [2.24, 2.45) is 0 Å². The third-order valence-corrected chi connectivity index (χ3v) is 6.69. The molecule has 0 aliphatic rings. The Morgan fingerprint density at radius 3 is 2.19 bits per heavy atom. The molecule has 3 aromatic carbocycles. The van der Waals surface area contributed by atoms with E-state index in [1.165, 1.54) is 11.7 Å². The van der Waals surface area contributed by atoms with Gasteiger partial charge in [-0.05, 0) is 68.1 Å². The minimum absolute atomic E-state index is 0. The van der Waals surface area contributed by atoms with Gasteiger partial charge in [0.05, 0.1) is 18.5 Å². The van der Waals surface area contributed by atoms with Crippen molar-refractivity contribution in [2.75, 3.05) is 7.11 Å². The van der Waals surface area contributed by atoms with Crippen LogP contribution in [0, 0.1) is 0 Å². The second-order valence-corrected chi connectivity index (χ2v) is 11.0. The van der Waals surface area contributed by atoms with Gasteiger partial charge in [-0.15, -0.1) is 0 Å². The molecular formula is C33H35KN4O5. The molecule has 5 rings (SSSR count). The summed E-state index contributed by atoms with van der Waals surface area (Å²) in [6.45, 7) is 8.02. The molecule has 0 fully saturated rings. The Balaban J connectivity index is 0.00000423. The van der Waals surface area contributed by atoms with Crippen LogP contribution in [0.4, 0.5) is 0 Å². The van der Waals surface area contributed by atoms with E-state index in [-0.39, 0.29) is 68.6 Å². The summed E-state index contributed by atoms with van der Waals surface area (Å²) in [7, 11) is 1.52. The van der Waals surface area contributed by atoms with Gasteiger partial charge in [0, 0.05) is 17.5 Å². The molecule has 9 nitrogen and oxygen atoms in total. The van der Waals surface area contributed by atoms with E-state index in [0.29, 0.717) is 35.7 Å². The fourth-order valence-corrected chi connectivity index (χ4v) is 4.87. The van der Waals surface area contributed by atoms with Crippen LogP contribution in [0.3, 0.4) is 0 Å². The van der Waals surface area contributed by atoms with Gasteiger partial charge in [0.1, 0.15) is 11.4 Å². The Labute approximate surface area is 292 Å². The summed E-state index contributed by atoms with van der Waals surface area (Å²) in [4.78, 5) is 32.9. The van der Waals surface area contributed by atoms with Crippen LogP contribution in [0.25, 0.3) is 28.2 Å². The van der Waals surface area contributed by atoms with Gasteiger partial charge in [-0.3, -0.25) is 14.3 Å². The van der Waals surface area contributed by atoms with E-state index in [1.54, 1.807) is 0 Å². The number of nitrogens with zero attached hydrogens (tertiary/aromatic N) is 3. The Morgan fingerprint density at radius 2 is 1.60 bits per heavy atom. The van der Waals surface area contributed by atoms with Crippen molar-refractivity contribution >= 4 is 51.4 Å². The SMILES string of the molecule is CCCc1nc(OC)n(-c2ccc(OC(C)(C)C)cc2)c(=O)c1Cc1ccc(-c2ccccc2-c2noc(=O)[nH]2)cc1.[KH]. The molecular weight excluding hydrogens is 571 g/mol. The first kappa shape index (κ1) is 32.6. The first-order chi connectivity index (χ1) is 20.2. The summed E-state index contributed by atoms with van der Waals surface area (Å²) in [6.07, 6.45) is 1.90. The van der Waals surface area contributed by atoms with Gasteiger partial charge in [-0.1, -0.05) is 67.0 Å². The van der Waals surface area contributed by atoms with Crippen molar-refractivity contribution in [2.45, 2.75) is 52.6 Å². The molecule has 0 spiro atoms. The monoisotopic (exact) mass is 606 g/mol. The fraction of sp³-hybridized carbons (Fsp3) is 0.273. The molecule has 2 aromatic heterocycles. The van der Waals surface area contributed by atoms with E-state index in [9.17, 15) is 9.59 Å². The predicted octanol–water partition coefficient (Wildman–Crippen LogP) is 5.32. The molecule has 0 bridgehead atoms. The molecule has 218 valence electrons. The van der Waals surface area contributed by atoms with E-state index in [2.05, 4.69) is 17.1 Å². The molecule has 1 N–H and O–H groups in total. The number of methoxy groups -OCH3 is 1. The average Bonchev–Trinajstić information content (AvgIpc) is 3.41. The van der Waals surface area contributed by atoms with Crippen LogP contribution in [-0.4, -0.2) is 83.8 Å². The molecule has 0 amide bonds. The third-order valence-electron chi connectivity index (χ3n) is 6.69. The molecule has 0 atom stereocenters. The van der Waals surface area contributed by atoms with Crippen LogP contribution >= 0.6 is 0 Å². The molecule has 0 aliphatic heterocycles. The number of rotatable bonds is 9. The Bertz CT molecular complexity index is 1800. The standard InChI is InChI=1S/C33H34N4O5.K.H/c1-6-9-28-27(30(38)37(31(34-28)40-5)23-16-18-24(19-17-23)41-33(2,3)4)20-21-12-14-22(15-13-21)25-10-7-8-11-26(25)29-35-32(39)42-36-29;;/h7-8,10-19H,6,9,20H2,1-5H3,(H,35,36,39);;. The van der Waals surface area contributed by atoms with Crippen LogP contribution in [0.2, 0.25) is 0 Å². The zero-order chi connectivity index (χ0) is 29.9. The number of benzene rings is 3. The number of aryl methyl sites for hydroxylation is 1. The van der Waals surface area contributed by atoms with Gasteiger partial charge < -0.3 is 9.47 Å². The fourth-order valence-electron chi connectivity index (χ4n) is 4.87. The van der Waals surface area contributed by atoms with Crippen LogP contribution in [0.1, 0.15) is 50.9 Å². The van der Waals surface area contributed by atoms with Crippen molar-refractivity contribution in [1.82, 2.24) is 19.7 Å². The van der Waals surface area contributed by atoms with Gasteiger partial charge >= 0.3 is 63.2 Å². The van der Waals surface area contributed by atoms with Crippen molar-refractivity contribution < 1.29 is 14.0 Å². The first-order valence-corrected chi connectivity index (χ1v) is 13.9. The number of ether oxygens (including phenoxy) is 2. The van der Waals surface area contributed by atoms with Gasteiger partial charge in [0.25, 0.3) is 5.56 Å². The van der Waals surface area contributed by atoms with Crippen molar-refractivity contribution in [3.05, 3.63) is 111 Å². The summed E-state index contributed by atoms with van der Waals surface area (Å²) in [6, 6.07) is 23.2. The van der Waals surface area contributed by atoms with Crippen LogP contribution < -0.4 is 20.8 Å². The second-order valence-electron chi connectivity index (χ2n) is 11.0. The summed E-state index contributed by atoms with van der Waals surface area (Å²) < 4.78 is 17.8. The molecule has 43 heavy (non-hydrogen) atoms. The van der Waals surface area contributed by atoms with Gasteiger partial charge in [-0.2, -0.15) is 0 Å². The van der Waals surface area contributed by atoms with Crippen molar-refractivity contribution in [3.8, 4) is 40.0 Å². The normalized spacial score (nSPS) is 11.2. The maximum absolute atomic E-state index is 14.0. The Kier molecular flexibility index (Phi) is 10.6. The average molecular weight is 607 g/mol. The van der Waals surface area contributed by atoms with E-state index in [1.807, 2.05) is 93.6 Å². The number of H-pyrrole nitrogens is 1. The van der Waals surface area contributed by atoms with E-state index >= 15 is 0 Å². The van der Waals surface area contributed by atoms with Crippen LogP contribution in [0.5, 0.6) is 11.8 Å².